The second-order valence-electron chi connectivity index (χ2n) is 6.97. The van der Waals surface area contributed by atoms with Gasteiger partial charge in [0.05, 0.1) is 33.2 Å². The SMILES string of the molecule is Cc1ccc(-c2ccccc2OCc2ccc(Cl)c(Cl)c2)n1-c1cncc(C(=O)O)c1. The molecule has 0 aliphatic heterocycles. The van der Waals surface area contributed by atoms with Crippen LogP contribution in [0.2, 0.25) is 10.0 Å². The number of hydrogen-bond acceptors (Lipinski definition) is 3. The number of carbonyl (C=O) groups is 1. The van der Waals surface area contributed by atoms with Crippen LogP contribution in [0.5, 0.6) is 5.75 Å². The molecule has 0 amide bonds. The van der Waals surface area contributed by atoms with Gasteiger partial charge in [-0.1, -0.05) is 41.4 Å². The van der Waals surface area contributed by atoms with Gasteiger partial charge in [-0.2, -0.15) is 0 Å². The molecule has 0 radical (unpaired) electrons. The number of rotatable bonds is 6. The van der Waals surface area contributed by atoms with E-state index in [9.17, 15) is 9.90 Å². The normalized spacial score (nSPS) is 10.8. The summed E-state index contributed by atoms with van der Waals surface area (Å²) >= 11 is 12.1. The van der Waals surface area contributed by atoms with Gasteiger partial charge in [0.15, 0.2) is 0 Å². The highest BCUT2D eigenvalue weighted by atomic mass is 35.5. The molecule has 0 saturated heterocycles. The quantitative estimate of drug-likeness (QED) is 0.365. The predicted octanol–water partition coefficient (Wildman–Crippen LogP) is 6.43. The van der Waals surface area contributed by atoms with Crippen molar-refractivity contribution in [2.24, 2.45) is 0 Å². The molecule has 0 bridgehead atoms. The van der Waals surface area contributed by atoms with Crippen molar-refractivity contribution >= 4 is 29.2 Å². The van der Waals surface area contributed by atoms with Gasteiger partial charge in [-0.3, -0.25) is 4.98 Å². The number of halogens is 2. The minimum atomic E-state index is -1.02. The van der Waals surface area contributed by atoms with Gasteiger partial charge in [0.2, 0.25) is 0 Å². The van der Waals surface area contributed by atoms with E-state index in [4.69, 9.17) is 27.9 Å². The van der Waals surface area contributed by atoms with Crippen molar-refractivity contribution in [3.05, 3.63) is 99.9 Å². The largest absolute Gasteiger partial charge is 0.488 e. The molecule has 5 nitrogen and oxygen atoms in total. The van der Waals surface area contributed by atoms with Gasteiger partial charge in [-0.15, -0.1) is 0 Å². The summed E-state index contributed by atoms with van der Waals surface area (Å²) in [5.74, 6) is -0.332. The molecule has 0 saturated carbocycles. The van der Waals surface area contributed by atoms with Crippen LogP contribution in [0.15, 0.2) is 73.1 Å². The lowest BCUT2D eigenvalue weighted by Crippen LogP contribution is -2.04. The number of aromatic nitrogens is 2. The predicted molar refractivity (Wildman–Crippen MR) is 121 cm³/mol. The number of hydrogen-bond donors (Lipinski definition) is 1. The molecule has 1 N–H and O–H groups in total. The van der Waals surface area contributed by atoms with Crippen molar-refractivity contribution in [3.63, 3.8) is 0 Å². The Kier molecular flexibility index (Phi) is 5.98. The summed E-state index contributed by atoms with van der Waals surface area (Å²) in [6.45, 7) is 2.28. The summed E-state index contributed by atoms with van der Waals surface area (Å²) in [6, 6.07) is 18.6. The Labute approximate surface area is 189 Å². The second kappa shape index (κ2) is 8.84. The second-order valence-corrected chi connectivity index (χ2v) is 7.78. The fourth-order valence-corrected chi connectivity index (χ4v) is 3.67. The number of ether oxygens (including phenoxy) is 1. The first-order chi connectivity index (χ1) is 14.9. The molecule has 0 aliphatic carbocycles. The first-order valence-corrected chi connectivity index (χ1v) is 10.2. The number of nitrogens with zero attached hydrogens (tertiary/aromatic N) is 2. The van der Waals surface area contributed by atoms with Crippen LogP contribution < -0.4 is 4.74 Å². The molecule has 0 atom stereocenters. The molecular formula is C24H18Cl2N2O3. The third-order valence-corrected chi connectivity index (χ3v) is 5.59. The molecule has 2 heterocycles. The van der Waals surface area contributed by atoms with Crippen molar-refractivity contribution in [1.29, 1.82) is 0 Å². The standard InChI is InChI=1S/C24H18Cl2N2O3/c1-15-6-9-22(28(15)18-11-17(24(29)30)12-27-13-18)19-4-2-3-5-23(19)31-14-16-7-8-20(25)21(26)10-16/h2-13H,14H2,1H3,(H,29,30). The van der Waals surface area contributed by atoms with E-state index in [-0.39, 0.29) is 5.56 Å². The number of carboxylic acid groups (broad SMARTS) is 1. The lowest BCUT2D eigenvalue weighted by atomic mass is 10.1. The molecule has 0 spiro atoms. The van der Waals surface area contributed by atoms with Gasteiger partial charge in [0.1, 0.15) is 12.4 Å². The topological polar surface area (TPSA) is 64.4 Å². The smallest absolute Gasteiger partial charge is 0.337 e. The van der Waals surface area contributed by atoms with Gasteiger partial charge < -0.3 is 14.4 Å². The summed E-state index contributed by atoms with van der Waals surface area (Å²) in [6.07, 6.45) is 2.97. The van der Waals surface area contributed by atoms with E-state index in [0.29, 0.717) is 28.1 Å². The monoisotopic (exact) mass is 452 g/mol. The molecule has 31 heavy (non-hydrogen) atoms. The minimum Gasteiger partial charge on any atom is -0.488 e. The minimum absolute atomic E-state index is 0.126. The highest BCUT2D eigenvalue weighted by molar-refractivity contribution is 6.42. The first kappa shape index (κ1) is 21.0. The highest BCUT2D eigenvalue weighted by Crippen LogP contribution is 2.34. The number of para-hydroxylation sites is 1. The first-order valence-electron chi connectivity index (χ1n) is 9.47. The average molecular weight is 453 g/mol. The molecule has 0 fully saturated rings. The Balaban J connectivity index is 1.71. The molecule has 0 aliphatic rings. The van der Waals surface area contributed by atoms with E-state index in [1.54, 1.807) is 24.4 Å². The van der Waals surface area contributed by atoms with Crippen molar-refractivity contribution in [3.8, 4) is 22.7 Å². The maximum atomic E-state index is 11.4. The fourth-order valence-electron chi connectivity index (χ4n) is 3.35. The van der Waals surface area contributed by atoms with E-state index >= 15 is 0 Å². The zero-order valence-corrected chi connectivity index (χ0v) is 18.1. The number of aryl methyl sites for hydroxylation is 1. The van der Waals surface area contributed by atoms with Crippen molar-refractivity contribution in [2.75, 3.05) is 0 Å². The lowest BCUT2D eigenvalue weighted by Gasteiger charge is -2.16. The van der Waals surface area contributed by atoms with Crippen LogP contribution in [-0.2, 0) is 6.61 Å². The fraction of sp³-hybridized carbons (Fsp3) is 0.0833. The molecular weight excluding hydrogens is 435 g/mol. The van der Waals surface area contributed by atoms with Crippen LogP contribution in [-0.4, -0.2) is 20.6 Å². The van der Waals surface area contributed by atoms with Crippen molar-refractivity contribution < 1.29 is 14.6 Å². The van der Waals surface area contributed by atoms with E-state index in [2.05, 4.69) is 4.98 Å². The third kappa shape index (κ3) is 4.43. The summed E-state index contributed by atoms with van der Waals surface area (Å²) < 4.78 is 8.07. The van der Waals surface area contributed by atoms with Crippen LogP contribution in [0.1, 0.15) is 21.6 Å². The summed E-state index contributed by atoms with van der Waals surface area (Å²) in [4.78, 5) is 15.5. The van der Waals surface area contributed by atoms with Gasteiger partial charge in [-0.05, 0) is 55.0 Å². The molecule has 4 aromatic rings. The van der Waals surface area contributed by atoms with Crippen LogP contribution in [0, 0.1) is 6.92 Å². The lowest BCUT2D eigenvalue weighted by molar-refractivity contribution is 0.0696. The van der Waals surface area contributed by atoms with Crippen LogP contribution >= 0.6 is 23.2 Å². The maximum Gasteiger partial charge on any atom is 0.337 e. The van der Waals surface area contributed by atoms with E-state index < -0.39 is 5.97 Å². The van der Waals surface area contributed by atoms with E-state index in [1.165, 1.54) is 6.20 Å². The zero-order chi connectivity index (χ0) is 22.0. The summed E-state index contributed by atoms with van der Waals surface area (Å²) in [5, 5.41) is 10.3. The highest BCUT2D eigenvalue weighted by Gasteiger charge is 2.15. The van der Waals surface area contributed by atoms with Crippen LogP contribution in [0.3, 0.4) is 0 Å². The number of pyridine rings is 1. The van der Waals surface area contributed by atoms with Gasteiger partial charge in [-0.25, -0.2) is 4.79 Å². The summed E-state index contributed by atoms with van der Waals surface area (Å²) in [7, 11) is 0. The molecule has 4 rings (SSSR count). The molecule has 2 aromatic heterocycles. The molecule has 156 valence electrons. The maximum absolute atomic E-state index is 11.4. The summed E-state index contributed by atoms with van der Waals surface area (Å²) in [5.41, 5.74) is 4.37. The third-order valence-electron chi connectivity index (χ3n) is 4.85. The van der Waals surface area contributed by atoms with E-state index in [1.807, 2.05) is 54.0 Å². The Hall–Kier alpha value is -3.28. The Bertz CT molecular complexity index is 1270. The molecule has 2 aromatic carbocycles. The zero-order valence-electron chi connectivity index (χ0n) is 16.5. The van der Waals surface area contributed by atoms with Gasteiger partial charge in [0.25, 0.3) is 0 Å². The number of benzene rings is 2. The Morgan fingerprint density at radius 1 is 1.03 bits per heavy atom. The number of carboxylic acids is 1. The van der Waals surface area contributed by atoms with E-state index in [0.717, 1.165) is 22.5 Å². The van der Waals surface area contributed by atoms with Crippen molar-refractivity contribution in [1.82, 2.24) is 9.55 Å². The van der Waals surface area contributed by atoms with Gasteiger partial charge in [0, 0.05) is 17.5 Å². The Morgan fingerprint density at radius 2 is 1.84 bits per heavy atom. The average Bonchev–Trinajstić information content (AvgIpc) is 3.16. The number of aromatic carboxylic acids is 1. The van der Waals surface area contributed by atoms with Crippen LogP contribution in [0.4, 0.5) is 0 Å². The van der Waals surface area contributed by atoms with Crippen LogP contribution in [0.25, 0.3) is 16.9 Å². The molecule has 7 heteroatoms. The Morgan fingerprint density at radius 3 is 2.61 bits per heavy atom. The van der Waals surface area contributed by atoms with Crippen molar-refractivity contribution in [2.45, 2.75) is 13.5 Å². The molecule has 0 unspecified atom stereocenters. The van der Waals surface area contributed by atoms with Gasteiger partial charge >= 0.3 is 5.97 Å².